The van der Waals surface area contributed by atoms with Crippen LogP contribution in [0.25, 0.3) is 10.4 Å². The maximum atomic E-state index is 15.9. The summed E-state index contributed by atoms with van der Waals surface area (Å²) in [4.78, 5) is 16.8. The lowest BCUT2D eigenvalue weighted by Crippen LogP contribution is -2.56. The third-order valence-corrected chi connectivity index (χ3v) is 10.8. The van der Waals surface area contributed by atoms with E-state index >= 15 is 4.39 Å². The Labute approximate surface area is 175 Å². The van der Waals surface area contributed by atoms with Crippen LogP contribution in [0.4, 0.5) is 4.39 Å². The van der Waals surface area contributed by atoms with Crippen molar-refractivity contribution in [3.05, 3.63) is 10.4 Å². The number of nitrogens with zero attached hydrogens (tertiary/aromatic N) is 7. The number of halogens is 1. The number of hydrogen-bond donors (Lipinski definition) is 2. The lowest BCUT2D eigenvalue weighted by Gasteiger charge is -2.42. The average Bonchev–Trinajstić information content (AvgIpc) is 3.21. The number of rotatable bonds is 6. The smallest absolute Gasteiger partial charge is 0.192 e. The molecular formula is C17H29FN8O3Si. The van der Waals surface area contributed by atoms with Crippen LogP contribution in [-0.2, 0) is 9.16 Å². The van der Waals surface area contributed by atoms with Crippen molar-refractivity contribution in [3.8, 4) is 0 Å². The van der Waals surface area contributed by atoms with Gasteiger partial charge in [-0.3, -0.25) is 4.99 Å². The van der Waals surface area contributed by atoms with Crippen molar-refractivity contribution < 1.29 is 18.7 Å². The molecule has 0 spiro atoms. The summed E-state index contributed by atoms with van der Waals surface area (Å²) in [5, 5.41) is 13.6. The number of nitrogens with two attached hydrogens (primary N) is 1. The first-order valence-corrected chi connectivity index (χ1v) is 12.7. The van der Waals surface area contributed by atoms with E-state index < -0.39 is 51.2 Å². The molecule has 3 aliphatic rings. The number of amidine groups is 1. The molecule has 3 heterocycles. The summed E-state index contributed by atoms with van der Waals surface area (Å²) in [6, 6.07) is -0.535. The fourth-order valence-corrected chi connectivity index (χ4v) is 4.80. The van der Waals surface area contributed by atoms with Gasteiger partial charge in [0.1, 0.15) is 29.9 Å². The normalized spacial score (nSPS) is 35.9. The minimum absolute atomic E-state index is 0.205. The van der Waals surface area contributed by atoms with Crippen LogP contribution in [0.3, 0.4) is 0 Å². The van der Waals surface area contributed by atoms with E-state index in [0.717, 1.165) is 0 Å². The lowest BCUT2D eigenvalue weighted by molar-refractivity contribution is -0.130. The molecule has 0 bridgehead atoms. The molecule has 0 saturated carbocycles. The summed E-state index contributed by atoms with van der Waals surface area (Å²) in [5.74, 6) is 0.277. The molecule has 3 unspecified atom stereocenters. The Hall–Kier alpha value is -2.05. The first kappa shape index (κ1) is 22.6. The molecule has 3 N–H and O–H groups in total. The molecule has 3 rings (SSSR count). The van der Waals surface area contributed by atoms with Crippen molar-refractivity contribution in [1.82, 2.24) is 4.90 Å². The molecule has 0 amide bonds. The van der Waals surface area contributed by atoms with Crippen LogP contribution in [0.5, 0.6) is 0 Å². The fourth-order valence-electron chi connectivity index (χ4n) is 3.47. The van der Waals surface area contributed by atoms with E-state index in [1.807, 2.05) is 33.9 Å². The SMILES string of the molecule is CC(C)(C)[Si](C)(C)OC1[C@@H](F)[C@H](N2C=NC3C(N)=NC=NC32)O[C@@]1(CO)CN=[N+]=[N-]. The first-order valence-electron chi connectivity index (χ1n) is 9.74. The summed E-state index contributed by atoms with van der Waals surface area (Å²) >= 11 is 0. The maximum Gasteiger partial charge on any atom is 0.192 e. The number of azide groups is 1. The van der Waals surface area contributed by atoms with E-state index in [4.69, 9.17) is 20.4 Å². The third kappa shape index (κ3) is 3.71. The molecule has 0 aromatic carbocycles. The third-order valence-electron chi connectivity index (χ3n) is 6.30. The number of aliphatic hydroxyl groups is 1. The Kier molecular flexibility index (Phi) is 5.95. The summed E-state index contributed by atoms with van der Waals surface area (Å²) in [7, 11) is -2.46. The summed E-state index contributed by atoms with van der Waals surface area (Å²) in [6.07, 6.45) is -1.80. The number of aliphatic imine (C=N–C) groups is 3. The molecule has 166 valence electrons. The maximum absolute atomic E-state index is 15.9. The van der Waals surface area contributed by atoms with Crippen LogP contribution in [-0.4, -0.2) is 86.3 Å². The van der Waals surface area contributed by atoms with Crippen molar-refractivity contribution in [2.24, 2.45) is 25.8 Å². The van der Waals surface area contributed by atoms with E-state index in [9.17, 15) is 5.11 Å². The molecule has 0 aromatic rings. The molecule has 0 aliphatic carbocycles. The van der Waals surface area contributed by atoms with Gasteiger partial charge in [-0.25, -0.2) is 14.4 Å². The van der Waals surface area contributed by atoms with Gasteiger partial charge in [0.15, 0.2) is 26.9 Å². The van der Waals surface area contributed by atoms with E-state index in [2.05, 4.69) is 25.0 Å². The predicted octanol–water partition coefficient (Wildman–Crippen LogP) is 1.55. The van der Waals surface area contributed by atoms with Gasteiger partial charge in [-0.05, 0) is 23.7 Å². The van der Waals surface area contributed by atoms with Crippen molar-refractivity contribution in [3.63, 3.8) is 0 Å². The molecule has 1 saturated heterocycles. The highest BCUT2D eigenvalue weighted by atomic mass is 28.4. The molecule has 1 fully saturated rings. The van der Waals surface area contributed by atoms with E-state index in [1.54, 1.807) is 0 Å². The number of ether oxygens (including phenoxy) is 1. The summed E-state index contributed by atoms with van der Waals surface area (Å²) < 4.78 is 28.3. The Bertz CT molecular complexity index is 809. The zero-order chi connectivity index (χ0) is 22.3. The number of alkyl halides is 1. The minimum Gasteiger partial charge on any atom is -0.408 e. The zero-order valence-corrected chi connectivity index (χ0v) is 18.8. The highest BCUT2D eigenvalue weighted by Crippen LogP contribution is 2.44. The summed E-state index contributed by atoms with van der Waals surface area (Å²) in [5.41, 5.74) is 13.2. The zero-order valence-electron chi connectivity index (χ0n) is 17.8. The Morgan fingerprint density at radius 2 is 2.17 bits per heavy atom. The van der Waals surface area contributed by atoms with Crippen molar-refractivity contribution in [2.45, 2.75) is 75.2 Å². The summed E-state index contributed by atoms with van der Waals surface area (Å²) in [6.45, 7) is 9.22. The Balaban J connectivity index is 1.94. The topological polar surface area (TPSA) is 154 Å². The van der Waals surface area contributed by atoms with Crippen LogP contribution in [0, 0.1) is 0 Å². The van der Waals surface area contributed by atoms with Gasteiger partial charge < -0.3 is 24.9 Å². The predicted molar refractivity (Wildman–Crippen MR) is 114 cm³/mol. The molecule has 6 atom stereocenters. The Morgan fingerprint density at radius 3 is 2.77 bits per heavy atom. The number of hydrogen-bond acceptors (Lipinski definition) is 9. The highest BCUT2D eigenvalue weighted by Gasteiger charge is 2.61. The van der Waals surface area contributed by atoms with Gasteiger partial charge in [-0.15, -0.1) is 0 Å². The first-order chi connectivity index (χ1) is 14.0. The largest absolute Gasteiger partial charge is 0.408 e. The van der Waals surface area contributed by atoms with Crippen LogP contribution in [0.1, 0.15) is 20.8 Å². The highest BCUT2D eigenvalue weighted by molar-refractivity contribution is 6.74. The quantitative estimate of drug-likeness (QED) is 0.277. The second-order valence-electron chi connectivity index (χ2n) is 9.25. The molecule has 0 aromatic heterocycles. The Morgan fingerprint density at radius 1 is 1.47 bits per heavy atom. The minimum atomic E-state index is -2.46. The fraction of sp³-hybridized carbons (Fsp3) is 0.824. The van der Waals surface area contributed by atoms with Gasteiger partial charge in [-0.2, -0.15) is 0 Å². The molecular weight excluding hydrogens is 411 g/mol. The van der Waals surface area contributed by atoms with Crippen molar-refractivity contribution in [2.75, 3.05) is 13.2 Å². The van der Waals surface area contributed by atoms with E-state index in [1.165, 1.54) is 17.6 Å². The average molecular weight is 441 g/mol. The lowest BCUT2D eigenvalue weighted by atomic mass is 9.97. The van der Waals surface area contributed by atoms with Gasteiger partial charge in [0.2, 0.25) is 0 Å². The van der Waals surface area contributed by atoms with Gasteiger partial charge >= 0.3 is 0 Å². The van der Waals surface area contributed by atoms with Crippen LogP contribution < -0.4 is 5.73 Å². The second-order valence-corrected chi connectivity index (χ2v) is 14.0. The van der Waals surface area contributed by atoms with Crippen LogP contribution in [0.2, 0.25) is 18.1 Å². The molecule has 13 heteroatoms. The molecule has 11 nitrogen and oxygen atoms in total. The van der Waals surface area contributed by atoms with E-state index in [0.29, 0.717) is 0 Å². The van der Waals surface area contributed by atoms with Crippen LogP contribution in [0.15, 0.2) is 20.1 Å². The van der Waals surface area contributed by atoms with Gasteiger partial charge in [0, 0.05) is 4.91 Å². The second kappa shape index (κ2) is 7.89. The number of fused-ring (bicyclic) bond motifs is 1. The molecule has 0 radical (unpaired) electrons. The van der Waals surface area contributed by atoms with E-state index in [-0.39, 0.29) is 17.4 Å². The standard InChI is InChI=1S/C17H29FN8O3Si/c1-16(2,3)30(4,5)29-12-10(18)15(28-17(12,7-27)6-24-25-20)26-9-23-11-13(19)21-8-22-14(11)26/h8-12,14-15,27H,6-7H2,1-5H3,(H2,19,21,22)/t10-,11?,12?,14?,15-,17-/m1/s1. The van der Waals surface area contributed by atoms with Gasteiger partial charge in [0.25, 0.3) is 0 Å². The van der Waals surface area contributed by atoms with Crippen molar-refractivity contribution >= 4 is 26.8 Å². The number of aliphatic hydroxyl groups excluding tert-OH is 1. The van der Waals surface area contributed by atoms with Gasteiger partial charge in [0.05, 0.1) is 19.5 Å². The van der Waals surface area contributed by atoms with Crippen molar-refractivity contribution in [1.29, 1.82) is 0 Å². The molecule has 3 aliphatic heterocycles. The molecule has 30 heavy (non-hydrogen) atoms. The monoisotopic (exact) mass is 440 g/mol. The van der Waals surface area contributed by atoms with Crippen LogP contribution >= 0.6 is 0 Å². The van der Waals surface area contributed by atoms with Gasteiger partial charge in [-0.1, -0.05) is 25.9 Å².